The Labute approximate surface area is 58.1 Å². The summed E-state index contributed by atoms with van der Waals surface area (Å²) in [4.78, 5) is 0.438. The van der Waals surface area contributed by atoms with Gasteiger partial charge in [-0.2, -0.15) is 0 Å². The van der Waals surface area contributed by atoms with Crippen LogP contribution in [-0.4, -0.2) is 21.2 Å². The highest BCUT2D eigenvalue weighted by Crippen LogP contribution is 2.05. The average Bonchev–Trinajstić information content (AvgIpc) is 1.80. The molecule has 0 aromatic heterocycles. The molecule has 0 bridgehead atoms. The van der Waals surface area contributed by atoms with Crippen molar-refractivity contribution in [2.75, 3.05) is 0 Å². The molecular weight excluding hydrogens is 136 g/mol. The van der Waals surface area contributed by atoms with Crippen molar-refractivity contribution in [1.82, 2.24) is 0 Å². The van der Waals surface area contributed by atoms with Gasteiger partial charge in [0, 0.05) is 4.86 Å². The summed E-state index contributed by atoms with van der Waals surface area (Å²) in [5.74, 6) is 0.0658. The van der Waals surface area contributed by atoms with Gasteiger partial charge in [0.1, 0.15) is 11.9 Å². The van der Waals surface area contributed by atoms with Crippen LogP contribution in [-0.2, 0) is 0 Å². The molecule has 0 saturated carbocycles. The van der Waals surface area contributed by atoms with Gasteiger partial charge in [0.15, 0.2) is 0 Å². The van der Waals surface area contributed by atoms with Gasteiger partial charge in [0.25, 0.3) is 0 Å². The molecule has 9 heavy (non-hydrogen) atoms. The third kappa shape index (κ3) is 1.37. The van der Waals surface area contributed by atoms with Gasteiger partial charge in [-0.25, -0.2) is 0 Å². The molecule has 1 rings (SSSR count). The summed E-state index contributed by atoms with van der Waals surface area (Å²) in [7, 11) is 0. The molecule has 0 aliphatic heterocycles. The summed E-state index contributed by atoms with van der Waals surface area (Å²) in [5, 5.41) is 17.7. The standard InChI is InChI=1S/C6H6O2S/c7-4-1-2-6(9)5(8)3-4/h1-3,5,7-8H. The van der Waals surface area contributed by atoms with E-state index in [2.05, 4.69) is 12.2 Å². The molecule has 0 aromatic rings. The first-order chi connectivity index (χ1) is 4.20. The van der Waals surface area contributed by atoms with Gasteiger partial charge in [-0.1, -0.05) is 12.2 Å². The van der Waals surface area contributed by atoms with Crippen LogP contribution in [0.4, 0.5) is 0 Å². The molecule has 0 aromatic carbocycles. The third-order valence-corrected chi connectivity index (χ3v) is 1.42. The Hall–Kier alpha value is -0.670. The van der Waals surface area contributed by atoms with Crippen molar-refractivity contribution in [3.05, 3.63) is 24.0 Å². The first kappa shape index (κ1) is 6.45. The number of rotatable bonds is 0. The fourth-order valence-electron chi connectivity index (χ4n) is 0.566. The van der Waals surface area contributed by atoms with E-state index in [1.807, 2.05) is 0 Å². The average molecular weight is 142 g/mol. The highest BCUT2D eigenvalue weighted by molar-refractivity contribution is 7.80. The molecule has 0 saturated heterocycles. The van der Waals surface area contributed by atoms with Gasteiger partial charge in [-0.05, 0) is 18.2 Å². The summed E-state index contributed by atoms with van der Waals surface area (Å²) in [6, 6.07) is 0. The fraction of sp³-hybridized carbons (Fsp3) is 0.167. The molecule has 1 aliphatic carbocycles. The SMILES string of the molecule is OC1=CC(O)C(=S)C=C1. The van der Waals surface area contributed by atoms with Crippen molar-refractivity contribution < 1.29 is 10.2 Å². The van der Waals surface area contributed by atoms with Crippen molar-refractivity contribution in [3.63, 3.8) is 0 Å². The van der Waals surface area contributed by atoms with Crippen LogP contribution in [0.2, 0.25) is 0 Å². The van der Waals surface area contributed by atoms with Crippen LogP contribution in [0.3, 0.4) is 0 Å². The maximum atomic E-state index is 8.92. The van der Waals surface area contributed by atoms with E-state index < -0.39 is 6.10 Å². The molecule has 0 heterocycles. The van der Waals surface area contributed by atoms with Crippen LogP contribution >= 0.6 is 12.2 Å². The minimum atomic E-state index is -0.787. The Kier molecular flexibility index (Phi) is 1.64. The molecule has 2 N–H and O–H groups in total. The van der Waals surface area contributed by atoms with Crippen LogP contribution in [0.1, 0.15) is 0 Å². The van der Waals surface area contributed by atoms with Crippen LogP contribution in [0.25, 0.3) is 0 Å². The Morgan fingerprint density at radius 3 is 2.56 bits per heavy atom. The molecule has 0 fully saturated rings. The maximum absolute atomic E-state index is 8.92. The van der Waals surface area contributed by atoms with Gasteiger partial charge >= 0.3 is 0 Å². The molecule has 3 heteroatoms. The summed E-state index contributed by atoms with van der Waals surface area (Å²) in [6.07, 6.45) is 3.47. The minimum absolute atomic E-state index is 0.0658. The van der Waals surface area contributed by atoms with Gasteiger partial charge in [-0.15, -0.1) is 0 Å². The smallest absolute Gasteiger partial charge is 0.114 e. The summed E-state index contributed by atoms with van der Waals surface area (Å²) >= 11 is 4.69. The van der Waals surface area contributed by atoms with Crippen LogP contribution in [0, 0.1) is 0 Å². The lowest BCUT2D eigenvalue weighted by molar-refractivity contribution is 0.283. The van der Waals surface area contributed by atoms with E-state index >= 15 is 0 Å². The first-order valence-corrected chi connectivity index (χ1v) is 2.92. The second kappa shape index (κ2) is 2.29. The summed E-state index contributed by atoms with van der Waals surface area (Å²) in [6.45, 7) is 0. The molecule has 1 atom stereocenters. The molecule has 48 valence electrons. The lowest BCUT2D eigenvalue weighted by atomic mass is 10.1. The lowest BCUT2D eigenvalue weighted by Crippen LogP contribution is -2.16. The van der Waals surface area contributed by atoms with E-state index in [0.29, 0.717) is 4.86 Å². The lowest BCUT2D eigenvalue weighted by Gasteiger charge is -2.07. The van der Waals surface area contributed by atoms with Gasteiger partial charge < -0.3 is 10.2 Å². The highest BCUT2D eigenvalue weighted by atomic mass is 32.1. The van der Waals surface area contributed by atoms with Crippen molar-refractivity contribution in [2.45, 2.75) is 6.10 Å². The van der Waals surface area contributed by atoms with Crippen molar-refractivity contribution in [3.8, 4) is 0 Å². The number of thiocarbonyl (C=S) groups is 1. The predicted octanol–water partition coefficient (Wildman–Crippen LogP) is 0.729. The fourth-order valence-corrected chi connectivity index (χ4v) is 0.702. The predicted molar refractivity (Wildman–Crippen MR) is 38.5 cm³/mol. The Balaban J connectivity index is 2.82. The Morgan fingerprint density at radius 1 is 1.44 bits per heavy atom. The van der Waals surface area contributed by atoms with Crippen LogP contribution < -0.4 is 0 Å². The first-order valence-electron chi connectivity index (χ1n) is 2.51. The van der Waals surface area contributed by atoms with E-state index in [9.17, 15) is 0 Å². The number of hydrogen-bond acceptors (Lipinski definition) is 3. The third-order valence-electron chi connectivity index (χ3n) is 1.04. The molecular formula is C6H6O2S. The van der Waals surface area contributed by atoms with E-state index in [0.717, 1.165) is 0 Å². The number of allylic oxidation sites excluding steroid dienone is 1. The summed E-state index contributed by atoms with van der Waals surface area (Å²) < 4.78 is 0. The molecule has 1 unspecified atom stereocenters. The second-order valence-corrected chi connectivity index (χ2v) is 2.24. The Bertz CT molecular complexity index is 193. The number of hydrogen-bond donors (Lipinski definition) is 2. The second-order valence-electron chi connectivity index (χ2n) is 1.77. The van der Waals surface area contributed by atoms with Crippen molar-refractivity contribution in [1.29, 1.82) is 0 Å². The van der Waals surface area contributed by atoms with E-state index in [1.165, 1.54) is 18.2 Å². The quantitative estimate of drug-likeness (QED) is 0.490. The molecule has 0 amide bonds. The van der Waals surface area contributed by atoms with Crippen LogP contribution in [0.15, 0.2) is 24.0 Å². The normalized spacial score (nSPS) is 26.1. The summed E-state index contributed by atoms with van der Waals surface area (Å²) in [5.41, 5.74) is 0. The van der Waals surface area contributed by atoms with Crippen molar-refractivity contribution >= 4 is 17.1 Å². The van der Waals surface area contributed by atoms with Crippen molar-refractivity contribution in [2.24, 2.45) is 0 Å². The molecule has 1 aliphatic rings. The maximum Gasteiger partial charge on any atom is 0.114 e. The minimum Gasteiger partial charge on any atom is -0.508 e. The molecule has 0 radical (unpaired) electrons. The monoisotopic (exact) mass is 142 g/mol. The van der Waals surface area contributed by atoms with Gasteiger partial charge in [0.2, 0.25) is 0 Å². The van der Waals surface area contributed by atoms with E-state index in [4.69, 9.17) is 10.2 Å². The Morgan fingerprint density at radius 2 is 2.11 bits per heavy atom. The zero-order chi connectivity index (χ0) is 6.85. The largest absolute Gasteiger partial charge is 0.508 e. The number of aliphatic hydroxyl groups excluding tert-OH is 2. The molecule has 0 spiro atoms. The molecule has 2 nitrogen and oxygen atoms in total. The van der Waals surface area contributed by atoms with E-state index in [1.54, 1.807) is 0 Å². The zero-order valence-corrected chi connectivity index (χ0v) is 5.43. The topological polar surface area (TPSA) is 40.5 Å². The zero-order valence-electron chi connectivity index (χ0n) is 4.61. The van der Waals surface area contributed by atoms with Crippen LogP contribution in [0.5, 0.6) is 0 Å². The highest BCUT2D eigenvalue weighted by Gasteiger charge is 2.08. The van der Waals surface area contributed by atoms with Gasteiger partial charge in [-0.3, -0.25) is 0 Å². The van der Waals surface area contributed by atoms with Gasteiger partial charge in [0.05, 0.1) is 0 Å². The van der Waals surface area contributed by atoms with E-state index in [-0.39, 0.29) is 5.76 Å². The number of aliphatic hydroxyl groups is 2.